The zero-order valence-electron chi connectivity index (χ0n) is 14.3. The van der Waals surface area contributed by atoms with Gasteiger partial charge in [-0.05, 0) is 48.5 Å². The van der Waals surface area contributed by atoms with Gasteiger partial charge in [-0.25, -0.2) is 4.39 Å². The molecule has 25 heavy (non-hydrogen) atoms. The van der Waals surface area contributed by atoms with Gasteiger partial charge >= 0.3 is 0 Å². The van der Waals surface area contributed by atoms with E-state index in [-0.39, 0.29) is 11.7 Å². The summed E-state index contributed by atoms with van der Waals surface area (Å²) < 4.78 is 18.1. The summed E-state index contributed by atoms with van der Waals surface area (Å²) in [6.07, 6.45) is 0. The van der Waals surface area contributed by atoms with Crippen LogP contribution >= 0.6 is 0 Å². The van der Waals surface area contributed by atoms with Crippen LogP contribution in [0.25, 0.3) is 0 Å². The SMILES string of the molecule is COc1ccc(N2CC[NH+](CC(=O)Nc3ccc(F)cc3)CC2)cc1. The van der Waals surface area contributed by atoms with E-state index in [1.165, 1.54) is 22.7 Å². The summed E-state index contributed by atoms with van der Waals surface area (Å²) >= 11 is 0. The monoisotopic (exact) mass is 344 g/mol. The fourth-order valence-electron chi connectivity index (χ4n) is 3.02. The fourth-order valence-corrected chi connectivity index (χ4v) is 3.02. The molecular weight excluding hydrogens is 321 g/mol. The highest BCUT2D eigenvalue weighted by Crippen LogP contribution is 2.18. The van der Waals surface area contributed by atoms with Crippen molar-refractivity contribution in [2.75, 3.05) is 50.1 Å². The fraction of sp³-hybridized carbons (Fsp3) is 0.316. The van der Waals surface area contributed by atoms with E-state index in [1.54, 1.807) is 19.2 Å². The zero-order chi connectivity index (χ0) is 17.6. The molecule has 1 heterocycles. The van der Waals surface area contributed by atoms with Gasteiger partial charge in [0.1, 0.15) is 11.6 Å². The standard InChI is InChI=1S/C19H22FN3O2/c1-25-18-8-6-17(7-9-18)23-12-10-22(11-13-23)14-19(24)21-16-4-2-15(20)3-5-16/h2-9H,10-14H2,1H3,(H,21,24)/p+1. The molecule has 0 unspecified atom stereocenters. The van der Waals surface area contributed by atoms with Crippen LogP contribution in [0.1, 0.15) is 0 Å². The van der Waals surface area contributed by atoms with Crippen molar-refractivity contribution in [3.8, 4) is 5.75 Å². The van der Waals surface area contributed by atoms with Crippen LogP contribution in [0.2, 0.25) is 0 Å². The van der Waals surface area contributed by atoms with E-state index in [2.05, 4.69) is 22.3 Å². The van der Waals surface area contributed by atoms with Gasteiger partial charge < -0.3 is 19.9 Å². The third kappa shape index (κ3) is 4.70. The summed E-state index contributed by atoms with van der Waals surface area (Å²) in [4.78, 5) is 15.7. The molecule has 3 rings (SSSR count). The highest BCUT2D eigenvalue weighted by molar-refractivity contribution is 5.91. The first-order valence-corrected chi connectivity index (χ1v) is 8.42. The maximum atomic E-state index is 12.9. The van der Waals surface area contributed by atoms with Crippen molar-refractivity contribution >= 4 is 17.3 Å². The minimum Gasteiger partial charge on any atom is -0.497 e. The minimum atomic E-state index is -0.307. The predicted molar refractivity (Wildman–Crippen MR) is 95.8 cm³/mol. The van der Waals surface area contributed by atoms with Crippen molar-refractivity contribution in [3.05, 3.63) is 54.3 Å². The number of carbonyl (C=O) groups excluding carboxylic acids is 1. The lowest BCUT2D eigenvalue weighted by Crippen LogP contribution is -3.15. The number of hydrogen-bond acceptors (Lipinski definition) is 3. The Kier molecular flexibility index (Phi) is 5.50. The molecular formula is C19H23FN3O2+. The van der Waals surface area contributed by atoms with Gasteiger partial charge in [0.25, 0.3) is 5.91 Å². The summed E-state index contributed by atoms with van der Waals surface area (Å²) in [6, 6.07) is 13.9. The molecule has 0 aliphatic carbocycles. The molecule has 1 aliphatic rings. The van der Waals surface area contributed by atoms with Crippen LogP contribution in [0, 0.1) is 5.82 Å². The highest BCUT2D eigenvalue weighted by Gasteiger charge is 2.22. The molecule has 0 aromatic heterocycles. The molecule has 1 aliphatic heterocycles. The van der Waals surface area contributed by atoms with Crippen LogP contribution in [-0.4, -0.2) is 45.7 Å². The van der Waals surface area contributed by atoms with Crippen LogP contribution < -0.4 is 19.9 Å². The van der Waals surface area contributed by atoms with Crippen molar-refractivity contribution in [2.24, 2.45) is 0 Å². The molecule has 6 heteroatoms. The summed E-state index contributed by atoms with van der Waals surface area (Å²) in [5.74, 6) is 0.503. The van der Waals surface area contributed by atoms with Crippen LogP contribution in [0.15, 0.2) is 48.5 Å². The van der Waals surface area contributed by atoms with E-state index in [0.29, 0.717) is 12.2 Å². The maximum absolute atomic E-state index is 12.9. The number of halogens is 1. The lowest BCUT2D eigenvalue weighted by Gasteiger charge is -2.33. The first-order chi connectivity index (χ1) is 12.1. The second-order valence-corrected chi connectivity index (χ2v) is 6.17. The number of methoxy groups -OCH3 is 1. The number of piperazine rings is 1. The Morgan fingerprint density at radius 2 is 1.76 bits per heavy atom. The lowest BCUT2D eigenvalue weighted by atomic mass is 10.2. The number of rotatable bonds is 5. The zero-order valence-corrected chi connectivity index (χ0v) is 14.3. The van der Waals surface area contributed by atoms with E-state index in [9.17, 15) is 9.18 Å². The van der Waals surface area contributed by atoms with Gasteiger partial charge in [-0.3, -0.25) is 4.79 Å². The normalized spacial score (nSPS) is 15.0. The topological polar surface area (TPSA) is 46.0 Å². The number of ether oxygens (including phenoxy) is 1. The molecule has 1 fully saturated rings. The molecule has 1 saturated heterocycles. The Bertz CT molecular complexity index is 696. The van der Waals surface area contributed by atoms with E-state index in [4.69, 9.17) is 4.74 Å². The third-order valence-corrected chi connectivity index (χ3v) is 4.45. The Balaban J connectivity index is 1.46. The molecule has 0 radical (unpaired) electrons. The number of quaternary nitrogens is 1. The molecule has 2 aromatic rings. The Labute approximate surface area is 147 Å². The molecule has 0 saturated carbocycles. The molecule has 5 nitrogen and oxygen atoms in total. The maximum Gasteiger partial charge on any atom is 0.279 e. The quantitative estimate of drug-likeness (QED) is 0.856. The van der Waals surface area contributed by atoms with Crippen LogP contribution in [-0.2, 0) is 4.79 Å². The van der Waals surface area contributed by atoms with E-state index >= 15 is 0 Å². The number of benzene rings is 2. The summed E-state index contributed by atoms with van der Waals surface area (Å²) in [5, 5.41) is 2.82. The van der Waals surface area contributed by atoms with Crippen LogP contribution in [0.4, 0.5) is 15.8 Å². The van der Waals surface area contributed by atoms with Crippen molar-refractivity contribution in [3.63, 3.8) is 0 Å². The van der Waals surface area contributed by atoms with Crippen molar-refractivity contribution < 1.29 is 18.8 Å². The third-order valence-electron chi connectivity index (χ3n) is 4.45. The lowest BCUT2D eigenvalue weighted by molar-refractivity contribution is -0.892. The van der Waals surface area contributed by atoms with Crippen LogP contribution in [0.3, 0.4) is 0 Å². The van der Waals surface area contributed by atoms with Crippen molar-refractivity contribution in [1.29, 1.82) is 0 Å². The van der Waals surface area contributed by atoms with E-state index in [0.717, 1.165) is 31.9 Å². The smallest absolute Gasteiger partial charge is 0.279 e. The van der Waals surface area contributed by atoms with Gasteiger partial charge in [0.05, 0.1) is 33.3 Å². The summed E-state index contributed by atoms with van der Waals surface area (Å²) in [6.45, 7) is 4.05. The molecule has 0 atom stereocenters. The number of hydrogen-bond donors (Lipinski definition) is 2. The largest absolute Gasteiger partial charge is 0.497 e. The molecule has 0 spiro atoms. The number of carbonyl (C=O) groups is 1. The van der Waals surface area contributed by atoms with Gasteiger partial charge in [0, 0.05) is 11.4 Å². The summed E-state index contributed by atoms with van der Waals surface area (Å²) in [5.41, 5.74) is 1.80. The average Bonchev–Trinajstić information content (AvgIpc) is 2.64. The van der Waals surface area contributed by atoms with Gasteiger partial charge in [-0.15, -0.1) is 0 Å². The molecule has 2 aromatic carbocycles. The molecule has 132 valence electrons. The first kappa shape index (κ1) is 17.2. The summed E-state index contributed by atoms with van der Waals surface area (Å²) in [7, 11) is 1.66. The Morgan fingerprint density at radius 3 is 2.36 bits per heavy atom. The Hall–Kier alpha value is -2.60. The number of nitrogens with zero attached hydrogens (tertiary/aromatic N) is 1. The molecule has 2 N–H and O–H groups in total. The second-order valence-electron chi connectivity index (χ2n) is 6.17. The van der Waals surface area contributed by atoms with Crippen molar-refractivity contribution in [2.45, 2.75) is 0 Å². The average molecular weight is 344 g/mol. The van der Waals surface area contributed by atoms with Gasteiger partial charge in [0.15, 0.2) is 6.54 Å². The molecule has 1 amide bonds. The number of nitrogens with one attached hydrogen (secondary N) is 2. The Morgan fingerprint density at radius 1 is 1.12 bits per heavy atom. The van der Waals surface area contributed by atoms with Gasteiger partial charge in [-0.2, -0.15) is 0 Å². The molecule has 0 bridgehead atoms. The van der Waals surface area contributed by atoms with E-state index in [1.807, 2.05) is 12.1 Å². The second kappa shape index (κ2) is 7.98. The van der Waals surface area contributed by atoms with Gasteiger partial charge in [-0.1, -0.05) is 0 Å². The number of anilines is 2. The first-order valence-electron chi connectivity index (χ1n) is 8.42. The van der Waals surface area contributed by atoms with Crippen LogP contribution in [0.5, 0.6) is 5.75 Å². The number of amides is 1. The van der Waals surface area contributed by atoms with E-state index < -0.39 is 0 Å². The van der Waals surface area contributed by atoms with Crippen molar-refractivity contribution in [1.82, 2.24) is 0 Å². The highest BCUT2D eigenvalue weighted by atomic mass is 19.1. The minimum absolute atomic E-state index is 0.0421. The predicted octanol–water partition coefficient (Wildman–Crippen LogP) is 1.18. The van der Waals surface area contributed by atoms with Gasteiger partial charge in [0.2, 0.25) is 0 Å².